The van der Waals surface area contributed by atoms with Crippen molar-refractivity contribution in [2.24, 2.45) is 5.92 Å². The van der Waals surface area contributed by atoms with Crippen molar-refractivity contribution in [2.45, 2.75) is 90.3 Å². The first-order valence-electron chi connectivity index (χ1n) is 8.83. The third kappa shape index (κ3) is 5.80. The number of ether oxygens (including phenoxy) is 1. The fourth-order valence-corrected chi connectivity index (χ4v) is 4.48. The molecule has 0 aliphatic carbocycles. The standard InChI is InChI=1S/C17H36O5SSi/c1-10-11-14(22-23(7,18)19)13(2)15-17(6,21-15)12-20-24(8,9)16(3,4)5/h13-15H,10-12H2,1-9H3/t13-,14+,15-,17-/m0/s1. The van der Waals surface area contributed by atoms with Crippen LogP contribution in [-0.4, -0.2) is 47.4 Å². The molecule has 7 heteroatoms. The van der Waals surface area contributed by atoms with Gasteiger partial charge in [-0.3, -0.25) is 4.18 Å². The van der Waals surface area contributed by atoms with Crippen LogP contribution in [0.1, 0.15) is 54.4 Å². The summed E-state index contributed by atoms with van der Waals surface area (Å²) < 4.78 is 40.6. The highest BCUT2D eigenvalue weighted by atomic mass is 32.2. The average Bonchev–Trinajstić information content (AvgIpc) is 3.05. The number of rotatable bonds is 9. The number of hydrogen-bond acceptors (Lipinski definition) is 5. The van der Waals surface area contributed by atoms with E-state index in [1.807, 2.05) is 20.8 Å². The summed E-state index contributed by atoms with van der Waals surface area (Å²) in [6.07, 6.45) is 2.31. The third-order valence-electron chi connectivity index (χ3n) is 5.40. The maximum atomic E-state index is 11.5. The largest absolute Gasteiger partial charge is 0.414 e. The summed E-state index contributed by atoms with van der Waals surface area (Å²) in [7, 11) is -5.30. The van der Waals surface area contributed by atoms with E-state index in [2.05, 4.69) is 33.9 Å². The zero-order chi connectivity index (χ0) is 19.0. The molecule has 1 rings (SSSR count). The van der Waals surface area contributed by atoms with Gasteiger partial charge in [-0.25, -0.2) is 0 Å². The van der Waals surface area contributed by atoms with Gasteiger partial charge in [0.05, 0.1) is 25.1 Å². The molecule has 0 amide bonds. The molecule has 1 aliphatic rings. The lowest BCUT2D eigenvalue weighted by atomic mass is 9.91. The quantitative estimate of drug-likeness (QED) is 0.344. The van der Waals surface area contributed by atoms with Gasteiger partial charge < -0.3 is 9.16 Å². The van der Waals surface area contributed by atoms with Gasteiger partial charge in [-0.2, -0.15) is 8.42 Å². The molecule has 1 saturated heterocycles. The second kappa shape index (κ2) is 7.35. The molecule has 0 saturated carbocycles. The SMILES string of the molecule is CCC[C@@H](OS(C)(=O)=O)[C@H](C)[C@@H]1O[C@@]1(C)CO[Si](C)(C)C(C)(C)C. The highest BCUT2D eigenvalue weighted by Gasteiger charge is 2.57. The highest BCUT2D eigenvalue weighted by molar-refractivity contribution is 7.86. The van der Waals surface area contributed by atoms with Crippen LogP contribution in [-0.2, 0) is 23.5 Å². The second-order valence-electron chi connectivity index (χ2n) is 8.89. The van der Waals surface area contributed by atoms with Crippen molar-refractivity contribution in [2.75, 3.05) is 12.9 Å². The van der Waals surface area contributed by atoms with Gasteiger partial charge in [-0.05, 0) is 31.5 Å². The number of epoxide rings is 1. The molecule has 24 heavy (non-hydrogen) atoms. The van der Waals surface area contributed by atoms with Gasteiger partial charge in [0.25, 0.3) is 10.1 Å². The van der Waals surface area contributed by atoms with Crippen LogP contribution in [0.15, 0.2) is 0 Å². The maximum absolute atomic E-state index is 11.5. The van der Waals surface area contributed by atoms with Gasteiger partial charge in [-0.15, -0.1) is 0 Å². The van der Waals surface area contributed by atoms with Gasteiger partial charge >= 0.3 is 0 Å². The van der Waals surface area contributed by atoms with Crippen LogP contribution < -0.4 is 0 Å². The third-order valence-corrected chi connectivity index (χ3v) is 10.5. The molecular weight excluding hydrogens is 344 g/mol. The molecule has 0 unspecified atom stereocenters. The molecule has 0 N–H and O–H groups in total. The predicted octanol–water partition coefficient (Wildman–Crippen LogP) is 3.95. The Hall–Kier alpha value is 0.0469. The summed E-state index contributed by atoms with van der Waals surface area (Å²) in [5, 5.41) is 0.156. The van der Waals surface area contributed by atoms with Gasteiger partial charge in [0.1, 0.15) is 5.60 Å². The van der Waals surface area contributed by atoms with Crippen molar-refractivity contribution in [1.29, 1.82) is 0 Å². The van der Waals surface area contributed by atoms with Crippen molar-refractivity contribution >= 4 is 18.4 Å². The first-order valence-corrected chi connectivity index (χ1v) is 13.6. The average molecular weight is 381 g/mol. The normalized spacial score (nSPS) is 27.8. The molecule has 5 nitrogen and oxygen atoms in total. The van der Waals surface area contributed by atoms with Crippen molar-refractivity contribution < 1.29 is 21.8 Å². The van der Waals surface area contributed by atoms with E-state index in [0.29, 0.717) is 13.0 Å². The van der Waals surface area contributed by atoms with Gasteiger partial charge in [0.2, 0.25) is 0 Å². The smallest absolute Gasteiger partial charge is 0.264 e. The van der Waals surface area contributed by atoms with Gasteiger partial charge in [0.15, 0.2) is 8.32 Å². The van der Waals surface area contributed by atoms with E-state index in [1.165, 1.54) is 0 Å². The van der Waals surface area contributed by atoms with Gasteiger partial charge in [0, 0.05) is 5.92 Å². The first-order chi connectivity index (χ1) is 10.6. The van der Waals surface area contributed by atoms with E-state index in [4.69, 9.17) is 13.3 Å². The van der Waals surface area contributed by atoms with Crippen LogP contribution in [0, 0.1) is 5.92 Å². The van der Waals surface area contributed by atoms with Crippen LogP contribution in [0.3, 0.4) is 0 Å². The minimum absolute atomic E-state index is 0.00712. The summed E-state index contributed by atoms with van der Waals surface area (Å²) in [5.41, 5.74) is -0.345. The van der Waals surface area contributed by atoms with Crippen LogP contribution in [0.2, 0.25) is 18.1 Å². The summed E-state index contributed by atoms with van der Waals surface area (Å²) >= 11 is 0. The van der Waals surface area contributed by atoms with Crippen molar-refractivity contribution in [3.05, 3.63) is 0 Å². The predicted molar refractivity (Wildman–Crippen MR) is 100 cm³/mol. The van der Waals surface area contributed by atoms with E-state index in [-0.39, 0.29) is 28.8 Å². The molecule has 1 fully saturated rings. The molecule has 1 aliphatic heterocycles. The van der Waals surface area contributed by atoms with Crippen LogP contribution in [0.4, 0.5) is 0 Å². The lowest BCUT2D eigenvalue weighted by molar-refractivity contribution is 0.120. The Balaban J connectivity index is 2.69. The zero-order valence-electron chi connectivity index (χ0n) is 16.8. The fraction of sp³-hybridized carbons (Fsp3) is 1.00. The maximum Gasteiger partial charge on any atom is 0.264 e. The van der Waals surface area contributed by atoms with Crippen LogP contribution >= 0.6 is 0 Å². The molecule has 0 radical (unpaired) electrons. The minimum Gasteiger partial charge on any atom is -0.414 e. The zero-order valence-corrected chi connectivity index (χ0v) is 18.6. The molecular formula is C17H36O5SSi. The van der Waals surface area contributed by atoms with Crippen molar-refractivity contribution in [1.82, 2.24) is 0 Å². The molecule has 0 aromatic rings. The van der Waals surface area contributed by atoms with E-state index in [0.717, 1.165) is 12.7 Å². The first kappa shape index (κ1) is 22.1. The van der Waals surface area contributed by atoms with Crippen molar-refractivity contribution in [3.63, 3.8) is 0 Å². The van der Waals surface area contributed by atoms with Crippen molar-refractivity contribution in [3.8, 4) is 0 Å². The Kier molecular flexibility index (Phi) is 6.76. The second-order valence-corrected chi connectivity index (χ2v) is 15.3. The molecule has 0 spiro atoms. The fourth-order valence-electron chi connectivity index (χ4n) is 2.68. The Labute approximate surface area is 149 Å². The molecule has 0 aromatic carbocycles. The Morgan fingerprint density at radius 3 is 2.25 bits per heavy atom. The summed E-state index contributed by atoms with van der Waals surface area (Å²) in [5.74, 6) is 0.00712. The van der Waals surface area contributed by atoms with Gasteiger partial charge in [-0.1, -0.05) is 41.0 Å². The summed E-state index contributed by atoms with van der Waals surface area (Å²) in [6.45, 7) is 17.7. The van der Waals surface area contributed by atoms with E-state index >= 15 is 0 Å². The van der Waals surface area contributed by atoms with Crippen LogP contribution in [0.5, 0.6) is 0 Å². The molecule has 0 bridgehead atoms. The summed E-state index contributed by atoms with van der Waals surface area (Å²) in [4.78, 5) is 0. The van der Waals surface area contributed by atoms with Crippen LogP contribution in [0.25, 0.3) is 0 Å². The van der Waals surface area contributed by atoms with E-state index in [1.54, 1.807) is 0 Å². The number of hydrogen-bond donors (Lipinski definition) is 0. The Morgan fingerprint density at radius 2 is 1.83 bits per heavy atom. The highest BCUT2D eigenvalue weighted by Crippen LogP contribution is 2.46. The molecule has 144 valence electrons. The monoisotopic (exact) mass is 380 g/mol. The van der Waals surface area contributed by atoms with E-state index < -0.39 is 18.4 Å². The Bertz CT molecular complexity index is 526. The lowest BCUT2D eigenvalue weighted by Crippen LogP contribution is -2.43. The molecule has 1 heterocycles. The van der Waals surface area contributed by atoms with E-state index in [9.17, 15) is 8.42 Å². The Morgan fingerprint density at radius 1 is 1.29 bits per heavy atom. The summed E-state index contributed by atoms with van der Waals surface area (Å²) in [6, 6.07) is 0. The molecule has 4 atom stereocenters. The molecule has 0 aromatic heterocycles. The topological polar surface area (TPSA) is 65.1 Å². The lowest BCUT2D eigenvalue weighted by Gasteiger charge is -2.36. The minimum atomic E-state index is -3.47.